The Kier molecular flexibility index (Phi) is 6.23. The molecule has 7 nitrogen and oxygen atoms in total. The molecule has 0 saturated carbocycles. The second kappa shape index (κ2) is 8.66. The van der Waals surface area contributed by atoms with Gasteiger partial charge in [0.2, 0.25) is 10.0 Å². The van der Waals surface area contributed by atoms with Gasteiger partial charge in [-0.2, -0.15) is 4.31 Å². The molecule has 10 heteroatoms. The number of halogens is 2. The number of nitrogens with one attached hydrogen (secondary N) is 1. The van der Waals surface area contributed by atoms with Gasteiger partial charge in [-0.05, 0) is 43.2 Å². The van der Waals surface area contributed by atoms with Crippen LogP contribution in [0.25, 0.3) is 0 Å². The first-order chi connectivity index (χ1) is 13.8. The van der Waals surface area contributed by atoms with E-state index in [0.717, 1.165) is 31.0 Å². The SMILES string of the molecule is O=C(COC(=O)c1cccc(S(=O)(=O)N2CCCC2)c1)Nc1cc(F)ccc1F. The maximum atomic E-state index is 13.5. The van der Waals surface area contributed by atoms with Crippen molar-refractivity contribution in [3.63, 3.8) is 0 Å². The normalized spacial score (nSPS) is 14.6. The van der Waals surface area contributed by atoms with E-state index in [9.17, 15) is 26.8 Å². The summed E-state index contributed by atoms with van der Waals surface area (Å²) in [7, 11) is -3.71. The summed E-state index contributed by atoms with van der Waals surface area (Å²) in [5.41, 5.74) is -0.431. The summed E-state index contributed by atoms with van der Waals surface area (Å²) in [6.07, 6.45) is 1.56. The minimum absolute atomic E-state index is 0.0415. The van der Waals surface area contributed by atoms with E-state index in [4.69, 9.17) is 4.74 Å². The first-order valence-electron chi connectivity index (χ1n) is 8.79. The molecule has 0 bridgehead atoms. The number of carbonyl (C=O) groups is 2. The second-order valence-corrected chi connectivity index (χ2v) is 8.33. The molecule has 2 aromatic carbocycles. The molecule has 2 aromatic rings. The molecule has 1 amide bonds. The quantitative estimate of drug-likeness (QED) is 0.720. The lowest BCUT2D eigenvalue weighted by atomic mass is 10.2. The maximum absolute atomic E-state index is 13.5. The van der Waals surface area contributed by atoms with Gasteiger partial charge in [-0.15, -0.1) is 0 Å². The monoisotopic (exact) mass is 424 g/mol. The molecule has 1 aliphatic rings. The number of ether oxygens (including phenoxy) is 1. The molecule has 0 unspecified atom stereocenters. The molecule has 1 aliphatic heterocycles. The molecule has 0 aliphatic carbocycles. The number of benzene rings is 2. The van der Waals surface area contributed by atoms with E-state index in [0.29, 0.717) is 13.1 Å². The Morgan fingerprint density at radius 1 is 1.07 bits per heavy atom. The number of nitrogens with zero attached hydrogens (tertiary/aromatic N) is 1. The van der Waals surface area contributed by atoms with E-state index in [1.807, 2.05) is 0 Å². The number of sulfonamides is 1. The van der Waals surface area contributed by atoms with E-state index in [2.05, 4.69) is 5.32 Å². The highest BCUT2D eigenvalue weighted by Gasteiger charge is 2.27. The molecule has 29 heavy (non-hydrogen) atoms. The number of amides is 1. The van der Waals surface area contributed by atoms with Crippen LogP contribution in [0.1, 0.15) is 23.2 Å². The van der Waals surface area contributed by atoms with Gasteiger partial charge in [-0.25, -0.2) is 22.0 Å². The van der Waals surface area contributed by atoms with Crippen LogP contribution in [0.3, 0.4) is 0 Å². The standard InChI is InChI=1S/C19H18F2N2O5S/c20-14-6-7-16(21)17(11-14)22-18(24)12-28-19(25)13-4-3-5-15(10-13)29(26,27)23-8-1-2-9-23/h3-7,10-11H,1-2,8-9,12H2,(H,22,24). The highest BCUT2D eigenvalue weighted by molar-refractivity contribution is 7.89. The molecular formula is C19H18F2N2O5S. The van der Waals surface area contributed by atoms with E-state index < -0.39 is 40.1 Å². The summed E-state index contributed by atoms with van der Waals surface area (Å²) in [5.74, 6) is -3.37. The van der Waals surface area contributed by atoms with Crippen LogP contribution >= 0.6 is 0 Å². The van der Waals surface area contributed by atoms with Gasteiger partial charge in [0.25, 0.3) is 5.91 Å². The third-order valence-electron chi connectivity index (χ3n) is 4.31. The van der Waals surface area contributed by atoms with Crippen molar-refractivity contribution in [3.8, 4) is 0 Å². The summed E-state index contributed by atoms with van der Waals surface area (Å²) in [6.45, 7) is 0.0968. The minimum Gasteiger partial charge on any atom is -0.452 e. The van der Waals surface area contributed by atoms with Gasteiger partial charge in [0, 0.05) is 19.2 Å². The fourth-order valence-electron chi connectivity index (χ4n) is 2.86. The Morgan fingerprint density at radius 3 is 2.52 bits per heavy atom. The fourth-order valence-corrected chi connectivity index (χ4v) is 4.42. The average Bonchev–Trinajstić information content (AvgIpc) is 3.25. The number of hydrogen-bond donors (Lipinski definition) is 1. The highest BCUT2D eigenvalue weighted by atomic mass is 32.2. The van der Waals surface area contributed by atoms with Gasteiger partial charge in [-0.3, -0.25) is 4.79 Å². The van der Waals surface area contributed by atoms with Crippen molar-refractivity contribution in [2.45, 2.75) is 17.7 Å². The third kappa shape index (κ3) is 4.96. The Bertz CT molecular complexity index is 1040. The van der Waals surface area contributed by atoms with Crippen molar-refractivity contribution in [2.24, 2.45) is 0 Å². The molecule has 1 fully saturated rings. The molecule has 3 rings (SSSR count). The summed E-state index contributed by atoms with van der Waals surface area (Å²) in [5, 5.41) is 2.10. The molecule has 154 valence electrons. The van der Waals surface area contributed by atoms with Crippen molar-refractivity contribution in [3.05, 3.63) is 59.7 Å². The Balaban J connectivity index is 1.63. The van der Waals surface area contributed by atoms with Crippen molar-refractivity contribution in [1.29, 1.82) is 0 Å². The van der Waals surface area contributed by atoms with Crippen LogP contribution < -0.4 is 5.32 Å². The number of carbonyl (C=O) groups excluding carboxylic acids is 2. The minimum atomic E-state index is -3.71. The van der Waals surface area contributed by atoms with Gasteiger partial charge < -0.3 is 10.1 Å². The maximum Gasteiger partial charge on any atom is 0.338 e. The van der Waals surface area contributed by atoms with E-state index in [1.165, 1.54) is 28.6 Å². The van der Waals surface area contributed by atoms with Crippen LogP contribution in [0, 0.1) is 11.6 Å². The second-order valence-electron chi connectivity index (χ2n) is 6.39. The highest BCUT2D eigenvalue weighted by Crippen LogP contribution is 2.22. The van der Waals surface area contributed by atoms with Crippen molar-refractivity contribution in [2.75, 3.05) is 25.0 Å². The Hall–Kier alpha value is -2.85. The van der Waals surface area contributed by atoms with Gasteiger partial charge >= 0.3 is 5.97 Å². The smallest absolute Gasteiger partial charge is 0.338 e. The van der Waals surface area contributed by atoms with E-state index >= 15 is 0 Å². The molecule has 0 spiro atoms. The van der Waals surface area contributed by atoms with Crippen molar-refractivity contribution < 1.29 is 31.5 Å². The predicted octanol–water partition coefficient (Wildman–Crippen LogP) is 2.54. The lowest BCUT2D eigenvalue weighted by molar-refractivity contribution is -0.119. The zero-order valence-electron chi connectivity index (χ0n) is 15.2. The molecule has 0 atom stereocenters. The lowest BCUT2D eigenvalue weighted by Gasteiger charge is -2.15. The van der Waals surface area contributed by atoms with E-state index in [1.54, 1.807) is 0 Å². The van der Waals surface area contributed by atoms with Gasteiger partial charge in [0.05, 0.1) is 16.1 Å². The largest absolute Gasteiger partial charge is 0.452 e. The van der Waals surface area contributed by atoms with Crippen LogP contribution in [0.5, 0.6) is 0 Å². The van der Waals surface area contributed by atoms with Crippen LogP contribution in [-0.4, -0.2) is 44.3 Å². The van der Waals surface area contributed by atoms with Gasteiger partial charge in [0.1, 0.15) is 11.6 Å². The summed E-state index contributed by atoms with van der Waals surface area (Å²) >= 11 is 0. The molecule has 0 aromatic heterocycles. The topological polar surface area (TPSA) is 92.8 Å². The number of rotatable bonds is 6. The van der Waals surface area contributed by atoms with Gasteiger partial charge in [0.15, 0.2) is 6.61 Å². The molecule has 1 heterocycles. The summed E-state index contributed by atoms with van der Waals surface area (Å²) in [4.78, 5) is 24.0. The van der Waals surface area contributed by atoms with Crippen molar-refractivity contribution >= 4 is 27.6 Å². The van der Waals surface area contributed by atoms with Crippen LogP contribution in [-0.2, 0) is 19.6 Å². The number of esters is 1. The lowest BCUT2D eigenvalue weighted by Crippen LogP contribution is -2.28. The third-order valence-corrected chi connectivity index (χ3v) is 6.20. The molecular weight excluding hydrogens is 406 g/mol. The van der Waals surface area contributed by atoms with Crippen LogP contribution in [0.2, 0.25) is 0 Å². The zero-order valence-corrected chi connectivity index (χ0v) is 16.0. The van der Waals surface area contributed by atoms with Crippen molar-refractivity contribution in [1.82, 2.24) is 4.31 Å². The summed E-state index contributed by atoms with van der Waals surface area (Å²) in [6, 6.07) is 7.86. The Morgan fingerprint density at radius 2 is 1.79 bits per heavy atom. The van der Waals surface area contributed by atoms with Crippen LogP contribution in [0.15, 0.2) is 47.4 Å². The first-order valence-corrected chi connectivity index (χ1v) is 10.2. The van der Waals surface area contributed by atoms with E-state index in [-0.39, 0.29) is 16.1 Å². The van der Waals surface area contributed by atoms with Gasteiger partial charge in [-0.1, -0.05) is 6.07 Å². The zero-order chi connectivity index (χ0) is 21.0. The number of hydrogen-bond acceptors (Lipinski definition) is 5. The molecule has 1 saturated heterocycles. The summed E-state index contributed by atoms with van der Waals surface area (Å²) < 4.78 is 58.0. The van der Waals surface area contributed by atoms with Crippen LogP contribution in [0.4, 0.5) is 14.5 Å². The first kappa shape index (κ1) is 20.9. The predicted molar refractivity (Wildman–Crippen MR) is 99.7 cm³/mol. The number of anilines is 1. The molecule has 0 radical (unpaired) electrons. The molecule has 1 N–H and O–H groups in total. The fraction of sp³-hybridized carbons (Fsp3) is 0.263. The Labute approximate surface area is 166 Å². The average molecular weight is 424 g/mol.